The van der Waals surface area contributed by atoms with Crippen LogP contribution in [0.15, 0.2) is 24.4 Å². The minimum Gasteiger partial charge on any atom is -0.493 e. The first kappa shape index (κ1) is 14.5. The van der Waals surface area contributed by atoms with E-state index in [-0.39, 0.29) is 6.04 Å². The first-order valence-electron chi connectivity index (χ1n) is 6.27. The van der Waals surface area contributed by atoms with Crippen molar-refractivity contribution >= 4 is 0 Å². The van der Waals surface area contributed by atoms with Crippen molar-refractivity contribution in [3.05, 3.63) is 47.3 Å². The molecular formula is C14H17F2N3O. The van der Waals surface area contributed by atoms with Gasteiger partial charge in [0.05, 0.1) is 19.3 Å². The van der Waals surface area contributed by atoms with E-state index >= 15 is 0 Å². The smallest absolute Gasteiger partial charge is 0.161 e. The monoisotopic (exact) mass is 281 g/mol. The Morgan fingerprint density at radius 3 is 2.50 bits per heavy atom. The molecule has 4 nitrogen and oxygen atoms in total. The van der Waals surface area contributed by atoms with Crippen LogP contribution in [-0.2, 0) is 0 Å². The van der Waals surface area contributed by atoms with Crippen molar-refractivity contribution in [2.45, 2.75) is 25.9 Å². The number of benzene rings is 1. The summed E-state index contributed by atoms with van der Waals surface area (Å²) >= 11 is 0. The molecule has 2 rings (SSSR count). The average Bonchev–Trinajstić information content (AvgIpc) is 2.85. The van der Waals surface area contributed by atoms with Gasteiger partial charge in [-0.1, -0.05) is 6.07 Å². The Balaban J connectivity index is 2.49. The van der Waals surface area contributed by atoms with E-state index in [1.165, 1.54) is 13.2 Å². The third-order valence-corrected chi connectivity index (χ3v) is 3.11. The Bertz CT molecular complexity index is 610. The highest BCUT2D eigenvalue weighted by atomic mass is 19.2. The Kier molecular flexibility index (Phi) is 4.04. The Labute approximate surface area is 116 Å². The van der Waals surface area contributed by atoms with Crippen LogP contribution in [0.25, 0.3) is 0 Å². The van der Waals surface area contributed by atoms with E-state index < -0.39 is 17.7 Å². The lowest BCUT2D eigenvalue weighted by Crippen LogP contribution is -2.19. The van der Waals surface area contributed by atoms with Crippen LogP contribution in [0.4, 0.5) is 8.78 Å². The van der Waals surface area contributed by atoms with Crippen molar-refractivity contribution < 1.29 is 13.5 Å². The zero-order chi connectivity index (χ0) is 14.9. The molecule has 1 aromatic heterocycles. The van der Waals surface area contributed by atoms with Crippen LogP contribution in [0.1, 0.15) is 37.2 Å². The lowest BCUT2D eigenvalue weighted by molar-refractivity contribution is 0.400. The first-order valence-corrected chi connectivity index (χ1v) is 6.27. The molecule has 2 aromatic rings. The van der Waals surface area contributed by atoms with E-state index in [4.69, 9.17) is 10.5 Å². The van der Waals surface area contributed by atoms with Gasteiger partial charge in [-0.05, 0) is 31.5 Å². The third-order valence-electron chi connectivity index (χ3n) is 3.11. The number of nitrogens with zero attached hydrogens (tertiary/aromatic N) is 2. The molecule has 0 bridgehead atoms. The zero-order valence-electron chi connectivity index (χ0n) is 11.6. The number of ether oxygens (including phenoxy) is 1. The molecule has 20 heavy (non-hydrogen) atoms. The standard InChI is InChI=1S/C14H17F2N3O/c1-8(2)19-14(12(20-3)7-18-19)13(17)9-4-5-10(15)11(16)6-9/h4-8,13H,17H2,1-3H3. The van der Waals surface area contributed by atoms with Crippen LogP contribution in [0.3, 0.4) is 0 Å². The summed E-state index contributed by atoms with van der Waals surface area (Å²) in [4.78, 5) is 0. The van der Waals surface area contributed by atoms with Gasteiger partial charge >= 0.3 is 0 Å². The summed E-state index contributed by atoms with van der Waals surface area (Å²) in [5.74, 6) is -1.30. The van der Waals surface area contributed by atoms with Gasteiger partial charge in [-0.2, -0.15) is 5.10 Å². The van der Waals surface area contributed by atoms with Gasteiger partial charge in [0.2, 0.25) is 0 Å². The fraction of sp³-hybridized carbons (Fsp3) is 0.357. The maximum atomic E-state index is 13.3. The van der Waals surface area contributed by atoms with E-state index in [9.17, 15) is 8.78 Å². The van der Waals surface area contributed by atoms with Crippen molar-refractivity contribution in [2.24, 2.45) is 5.73 Å². The van der Waals surface area contributed by atoms with Crippen molar-refractivity contribution in [1.82, 2.24) is 9.78 Å². The van der Waals surface area contributed by atoms with Gasteiger partial charge in [-0.25, -0.2) is 8.78 Å². The molecule has 1 atom stereocenters. The van der Waals surface area contributed by atoms with Crippen LogP contribution >= 0.6 is 0 Å². The molecule has 0 spiro atoms. The predicted molar refractivity (Wildman–Crippen MR) is 71.6 cm³/mol. The fourth-order valence-corrected chi connectivity index (χ4v) is 2.08. The lowest BCUT2D eigenvalue weighted by Gasteiger charge is -2.18. The number of halogens is 2. The molecule has 0 saturated heterocycles. The van der Waals surface area contributed by atoms with E-state index in [0.29, 0.717) is 17.0 Å². The summed E-state index contributed by atoms with van der Waals surface area (Å²) < 4.78 is 33.3. The maximum absolute atomic E-state index is 13.3. The average molecular weight is 281 g/mol. The van der Waals surface area contributed by atoms with Crippen LogP contribution < -0.4 is 10.5 Å². The van der Waals surface area contributed by atoms with Gasteiger partial charge in [-0.15, -0.1) is 0 Å². The number of rotatable bonds is 4. The van der Waals surface area contributed by atoms with Gasteiger partial charge in [0.1, 0.15) is 5.69 Å². The molecule has 0 aliphatic rings. The molecule has 0 aliphatic heterocycles. The number of aromatic nitrogens is 2. The van der Waals surface area contributed by atoms with E-state index in [2.05, 4.69) is 5.10 Å². The molecule has 1 aromatic carbocycles. The minimum atomic E-state index is -0.924. The Morgan fingerprint density at radius 2 is 1.95 bits per heavy atom. The summed E-state index contributed by atoms with van der Waals surface area (Å²) in [6.07, 6.45) is 1.56. The van der Waals surface area contributed by atoms with Gasteiger partial charge in [0.15, 0.2) is 17.4 Å². The topological polar surface area (TPSA) is 53.1 Å². The number of methoxy groups -OCH3 is 1. The molecule has 0 radical (unpaired) electrons. The van der Waals surface area contributed by atoms with Crippen LogP contribution in [0.2, 0.25) is 0 Å². The second-order valence-electron chi connectivity index (χ2n) is 4.79. The molecule has 0 fully saturated rings. The lowest BCUT2D eigenvalue weighted by atomic mass is 10.0. The second kappa shape index (κ2) is 5.58. The second-order valence-corrected chi connectivity index (χ2v) is 4.79. The quantitative estimate of drug-likeness (QED) is 0.937. The number of hydrogen-bond donors (Lipinski definition) is 1. The summed E-state index contributed by atoms with van der Waals surface area (Å²) in [5, 5.41) is 4.22. The summed E-state index contributed by atoms with van der Waals surface area (Å²) in [7, 11) is 1.52. The molecule has 0 aliphatic carbocycles. The molecule has 1 unspecified atom stereocenters. The molecule has 108 valence electrons. The van der Waals surface area contributed by atoms with Crippen molar-refractivity contribution in [3.8, 4) is 5.75 Å². The zero-order valence-corrected chi connectivity index (χ0v) is 11.6. The molecule has 2 N–H and O–H groups in total. The number of nitrogens with two attached hydrogens (primary N) is 1. The highest BCUT2D eigenvalue weighted by molar-refractivity contribution is 5.36. The van der Waals surface area contributed by atoms with Gasteiger partial charge < -0.3 is 10.5 Å². The van der Waals surface area contributed by atoms with Gasteiger partial charge in [0, 0.05) is 6.04 Å². The van der Waals surface area contributed by atoms with Crippen LogP contribution in [-0.4, -0.2) is 16.9 Å². The molecule has 0 amide bonds. The van der Waals surface area contributed by atoms with Crippen LogP contribution in [0.5, 0.6) is 5.75 Å². The van der Waals surface area contributed by atoms with Crippen molar-refractivity contribution in [2.75, 3.05) is 7.11 Å². The summed E-state index contributed by atoms with van der Waals surface area (Å²) in [6, 6.07) is 3.04. The molecular weight excluding hydrogens is 264 g/mol. The summed E-state index contributed by atoms with van der Waals surface area (Å²) in [6.45, 7) is 3.90. The largest absolute Gasteiger partial charge is 0.493 e. The van der Waals surface area contributed by atoms with E-state index in [0.717, 1.165) is 12.1 Å². The third kappa shape index (κ3) is 2.51. The summed E-state index contributed by atoms with van der Waals surface area (Å²) in [5.41, 5.74) is 7.26. The van der Waals surface area contributed by atoms with Crippen molar-refractivity contribution in [3.63, 3.8) is 0 Å². The van der Waals surface area contributed by atoms with Crippen molar-refractivity contribution in [1.29, 1.82) is 0 Å². The van der Waals surface area contributed by atoms with Gasteiger partial charge in [-0.3, -0.25) is 4.68 Å². The molecule has 0 saturated carbocycles. The fourth-order valence-electron chi connectivity index (χ4n) is 2.08. The SMILES string of the molecule is COc1cnn(C(C)C)c1C(N)c1ccc(F)c(F)c1. The minimum absolute atomic E-state index is 0.0743. The molecule has 1 heterocycles. The normalized spacial score (nSPS) is 12.8. The van der Waals surface area contributed by atoms with Crippen LogP contribution in [0, 0.1) is 11.6 Å². The predicted octanol–water partition coefficient (Wildman–Crippen LogP) is 2.80. The maximum Gasteiger partial charge on any atom is 0.161 e. The molecule has 6 heteroatoms. The number of hydrogen-bond acceptors (Lipinski definition) is 3. The highest BCUT2D eigenvalue weighted by Gasteiger charge is 2.22. The van der Waals surface area contributed by atoms with E-state index in [1.54, 1.807) is 10.9 Å². The van der Waals surface area contributed by atoms with Gasteiger partial charge in [0.25, 0.3) is 0 Å². The first-order chi connectivity index (χ1) is 9.45. The Morgan fingerprint density at radius 1 is 1.25 bits per heavy atom. The highest BCUT2D eigenvalue weighted by Crippen LogP contribution is 2.30. The van der Waals surface area contributed by atoms with E-state index in [1.807, 2.05) is 13.8 Å². The Hall–Kier alpha value is -1.95.